The van der Waals surface area contributed by atoms with Gasteiger partial charge >= 0.3 is 5.69 Å². The number of nitrogens with zero attached hydrogens (tertiary/aromatic N) is 1. The molecule has 2 aliphatic rings. The first-order valence-corrected chi connectivity index (χ1v) is 12.1. The third-order valence-corrected chi connectivity index (χ3v) is 10.6. The summed E-state index contributed by atoms with van der Waals surface area (Å²) in [6, 6.07) is 0. The summed E-state index contributed by atoms with van der Waals surface area (Å²) in [5.74, 6) is 0. The number of aryl methyl sites for hydroxylation is 1. The Kier molecular flexibility index (Phi) is 4.62. The summed E-state index contributed by atoms with van der Waals surface area (Å²) in [5, 5.41) is 10.7. The zero-order chi connectivity index (χ0) is 19.5. The zero-order valence-corrected chi connectivity index (χ0v) is 17.5. The van der Waals surface area contributed by atoms with Gasteiger partial charge in [-0.2, -0.15) is 0 Å². The van der Waals surface area contributed by atoms with Crippen molar-refractivity contribution in [3.8, 4) is 0 Å². The maximum absolute atomic E-state index is 12.2. The highest BCUT2D eigenvalue weighted by Gasteiger charge is 2.58. The molecule has 2 fully saturated rings. The SMILES string of the molecule is Cc1cn([C@H]2CC(O[Si](C)(C)C(C)(C)C)[C@@H](C3(O)CC3)O2)c(=O)[nH]c1=O. The standard InChI is InChI=1S/C18H30N2O5Si/c1-11-10-20(16(22)19-15(11)21)13-9-12(14(24-13)18(23)7-8-18)25-26(5,6)17(2,3)4/h10,12-14,23H,7-9H2,1-6H3,(H,19,21,22)/t12?,13-,14+/m1/s1. The van der Waals surface area contributed by atoms with E-state index in [1.165, 1.54) is 10.8 Å². The van der Waals surface area contributed by atoms with E-state index < -0.39 is 37.5 Å². The average Bonchev–Trinajstić information content (AvgIpc) is 3.10. The van der Waals surface area contributed by atoms with Gasteiger partial charge in [0.05, 0.1) is 11.7 Å². The van der Waals surface area contributed by atoms with Gasteiger partial charge in [-0.05, 0) is 37.9 Å². The van der Waals surface area contributed by atoms with Crippen molar-refractivity contribution in [3.63, 3.8) is 0 Å². The molecule has 0 radical (unpaired) electrons. The van der Waals surface area contributed by atoms with Crippen LogP contribution in [-0.4, -0.2) is 40.8 Å². The van der Waals surface area contributed by atoms with Gasteiger partial charge in [-0.15, -0.1) is 0 Å². The van der Waals surface area contributed by atoms with Gasteiger partial charge in [0.1, 0.15) is 12.3 Å². The third kappa shape index (κ3) is 3.47. The Bertz CT molecular complexity index is 803. The lowest BCUT2D eigenvalue weighted by Crippen LogP contribution is -2.48. The van der Waals surface area contributed by atoms with E-state index in [2.05, 4.69) is 38.8 Å². The molecule has 3 rings (SSSR count). The molecule has 1 aromatic heterocycles. The molecule has 3 atom stereocenters. The predicted octanol–water partition coefficient (Wildman–Crippen LogP) is 2.05. The molecule has 7 nitrogen and oxygen atoms in total. The second-order valence-corrected chi connectivity index (χ2v) is 14.0. The molecule has 0 aromatic carbocycles. The van der Waals surface area contributed by atoms with Crippen LogP contribution in [0.25, 0.3) is 0 Å². The van der Waals surface area contributed by atoms with Crippen molar-refractivity contribution in [1.29, 1.82) is 0 Å². The quantitative estimate of drug-likeness (QED) is 0.778. The summed E-state index contributed by atoms with van der Waals surface area (Å²) in [4.78, 5) is 26.2. The van der Waals surface area contributed by atoms with Crippen LogP contribution in [0.5, 0.6) is 0 Å². The predicted molar refractivity (Wildman–Crippen MR) is 101 cm³/mol. The van der Waals surface area contributed by atoms with Crippen LogP contribution in [0.15, 0.2) is 15.8 Å². The molecule has 0 bridgehead atoms. The second-order valence-electron chi connectivity index (χ2n) is 9.25. The van der Waals surface area contributed by atoms with Crippen LogP contribution in [0.4, 0.5) is 0 Å². The molecule has 1 saturated heterocycles. The number of rotatable bonds is 4. The lowest BCUT2D eigenvalue weighted by Gasteiger charge is -2.40. The van der Waals surface area contributed by atoms with Crippen molar-refractivity contribution in [2.75, 3.05) is 0 Å². The molecular weight excluding hydrogens is 352 g/mol. The molecule has 1 saturated carbocycles. The molecule has 0 spiro atoms. The van der Waals surface area contributed by atoms with Gasteiger partial charge in [-0.3, -0.25) is 14.3 Å². The molecule has 1 unspecified atom stereocenters. The number of aromatic amines is 1. The number of hydrogen-bond acceptors (Lipinski definition) is 5. The van der Waals surface area contributed by atoms with E-state index in [9.17, 15) is 14.7 Å². The summed E-state index contributed by atoms with van der Waals surface area (Å²) < 4.78 is 14.1. The van der Waals surface area contributed by atoms with Crippen molar-refractivity contribution in [3.05, 3.63) is 32.6 Å². The Balaban J connectivity index is 1.90. The Labute approximate surface area is 154 Å². The number of nitrogens with one attached hydrogen (secondary N) is 1. The Hall–Kier alpha value is -1.22. The summed E-state index contributed by atoms with van der Waals surface area (Å²) >= 11 is 0. The first kappa shape index (κ1) is 19.5. The summed E-state index contributed by atoms with van der Waals surface area (Å²) in [7, 11) is -2.06. The van der Waals surface area contributed by atoms with E-state index in [1.807, 2.05) is 0 Å². The number of aliphatic hydroxyl groups is 1. The minimum atomic E-state index is -2.06. The first-order valence-electron chi connectivity index (χ1n) is 9.22. The van der Waals surface area contributed by atoms with Gasteiger partial charge in [0.15, 0.2) is 8.32 Å². The van der Waals surface area contributed by atoms with Crippen molar-refractivity contribution < 1.29 is 14.3 Å². The van der Waals surface area contributed by atoms with E-state index >= 15 is 0 Å². The number of ether oxygens (including phenoxy) is 1. The minimum Gasteiger partial charge on any atom is -0.411 e. The highest BCUT2D eigenvalue weighted by atomic mass is 28.4. The van der Waals surface area contributed by atoms with E-state index in [0.717, 1.165) is 0 Å². The molecule has 2 heterocycles. The second kappa shape index (κ2) is 6.15. The van der Waals surface area contributed by atoms with Gasteiger partial charge in [-0.1, -0.05) is 20.8 Å². The highest BCUT2D eigenvalue weighted by Crippen LogP contribution is 2.49. The van der Waals surface area contributed by atoms with E-state index in [4.69, 9.17) is 9.16 Å². The van der Waals surface area contributed by atoms with Gasteiger partial charge < -0.3 is 14.3 Å². The normalized spacial score (nSPS) is 28.3. The van der Waals surface area contributed by atoms with E-state index in [0.29, 0.717) is 24.8 Å². The highest BCUT2D eigenvalue weighted by molar-refractivity contribution is 6.74. The maximum atomic E-state index is 12.2. The molecule has 2 N–H and O–H groups in total. The molecule has 1 aliphatic heterocycles. The van der Waals surface area contributed by atoms with Crippen molar-refractivity contribution in [1.82, 2.24) is 9.55 Å². The van der Waals surface area contributed by atoms with Gasteiger partial charge in [0, 0.05) is 18.2 Å². The van der Waals surface area contributed by atoms with Crippen LogP contribution in [0, 0.1) is 6.92 Å². The smallest absolute Gasteiger partial charge is 0.330 e. The summed E-state index contributed by atoms with van der Waals surface area (Å²) in [5.41, 5.74) is -1.32. The van der Waals surface area contributed by atoms with E-state index in [-0.39, 0.29) is 11.1 Å². The van der Waals surface area contributed by atoms with Crippen LogP contribution in [0.1, 0.15) is 51.8 Å². The zero-order valence-electron chi connectivity index (χ0n) is 16.5. The van der Waals surface area contributed by atoms with Crippen LogP contribution in [0.2, 0.25) is 18.1 Å². The Morgan fingerprint density at radius 3 is 2.50 bits per heavy atom. The van der Waals surface area contributed by atoms with Crippen LogP contribution in [0.3, 0.4) is 0 Å². The summed E-state index contributed by atoms with van der Waals surface area (Å²) in [6.45, 7) is 12.5. The number of aromatic nitrogens is 2. The largest absolute Gasteiger partial charge is 0.411 e. The van der Waals surface area contributed by atoms with Gasteiger partial charge in [-0.25, -0.2) is 4.79 Å². The molecule has 26 heavy (non-hydrogen) atoms. The fourth-order valence-corrected chi connectivity index (χ4v) is 4.49. The molecule has 0 amide bonds. The van der Waals surface area contributed by atoms with Crippen LogP contribution < -0.4 is 11.2 Å². The fraction of sp³-hybridized carbons (Fsp3) is 0.778. The van der Waals surface area contributed by atoms with Gasteiger partial charge in [0.25, 0.3) is 5.56 Å². The average molecular weight is 383 g/mol. The third-order valence-electron chi connectivity index (χ3n) is 6.08. The molecule has 8 heteroatoms. The Morgan fingerprint density at radius 2 is 1.96 bits per heavy atom. The number of H-pyrrole nitrogens is 1. The monoisotopic (exact) mass is 382 g/mol. The van der Waals surface area contributed by atoms with Crippen LogP contribution >= 0.6 is 0 Å². The van der Waals surface area contributed by atoms with Gasteiger partial charge in [0.2, 0.25) is 0 Å². The van der Waals surface area contributed by atoms with Crippen molar-refractivity contribution in [2.24, 2.45) is 0 Å². The lowest BCUT2D eigenvalue weighted by atomic mass is 10.1. The van der Waals surface area contributed by atoms with Crippen LogP contribution in [-0.2, 0) is 9.16 Å². The Morgan fingerprint density at radius 1 is 1.35 bits per heavy atom. The molecule has 1 aromatic rings. The van der Waals surface area contributed by atoms with E-state index in [1.54, 1.807) is 6.92 Å². The lowest BCUT2D eigenvalue weighted by molar-refractivity contribution is -0.0931. The first-order chi connectivity index (χ1) is 11.8. The summed E-state index contributed by atoms with van der Waals surface area (Å²) in [6.07, 6.45) is 2.08. The maximum Gasteiger partial charge on any atom is 0.330 e. The van der Waals surface area contributed by atoms with Crippen molar-refractivity contribution >= 4 is 8.32 Å². The molecular formula is C18H30N2O5Si. The van der Waals surface area contributed by atoms with Crippen molar-refractivity contribution in [2.45, 2.75) is 89.1 Å². The molecule has 1 aliphatic carbocycles. The minimum absolute atomic E-state index is 0.0349. The molecule has 146 valence electrons. The fourth-order valence-electron chi connectivity index (χ4n) is 3.16. The number of hydrogen-bond donors (Lipinski definition) is 2. The topological polar surface area (TPSA) is 93.6 Å².